The Labute approximate surface area is 172 Å². The lowest BCUT2D eigenvalue weighted by molar-refractivity contribution is -0.387. The maximum atomic E-state index is 12.6. The van der Waals surface area contributed by atoms with Crippen molar-refractivity contribution in [1.82, 2.24) is 24.4 Å². The van der Waals surface area contributed by atoms with Crippen molar-refractivity contribution in [1.29, 1.82) is 0 Å². The molecule has 0 aliphatic heterocycles. The molecule has 0 aliphatic rings. The molecule has 12 heteroatoms. The maximum Gasteiger partial charge on any atom is 0.284 e. The summed E-state index contributed by atoms with van der Waals surface area (Å²) in [4.78, 5) is 28.8. The summed E-state index contributed by atoms with van der Waals surface area (Å²) in [5, 5.41) is 21.9. The molecular weight excluding hydrogens is 414 g/mol. The minimum Gasteiger partial charge on any atom is -0.335 e. The quantitative estimate of drug-likeness (QED) is 0.215. The molecule has 4 aromatic rings. The highest BCUT2D eigenvalue weighted by Gasteiger charge is 2.23. The first-order chi connectivity index (χ1) is 14.0. The molecule has 0 spiro atoms. The smallest absolute Gasteiger partial charge is 0.284 e. The van der Waals surface area contributed by atoms with Crippen LogP contribution in [-0.2, 0) is 7.05 Å². The van der Waals surface area contributed by atoms with Crippen molar-refractivity contribution in [2.75, 3.05) is 5.84 Å². The van der Waals surface area contributed by atoms with Crippen molar-refractivity contribution in [3.63, 3.8) is 0 Å². The average molecular weight is 427 g/mol. The molecule has 0 radical (unpaired) electrons. The molecule has 3 aromatic heterocycles. The monoisotopic (exact) mass is 427 g/mol. The molecule has 0 amide bonds. The first-order valence-electron chi connectivity index (χ1n) is 8.18. The summed E-state index contributed by atoms with van der Waals surface area (Å²) in [6.45, 7) is 0. The molecule has 0 fully saturated rings. The van der Waals surface area contributed by atoms with Crippen molar-refractivity contribution < 1.29 is 9.72 Å². The van der Waals surface area contributed by atoms with Crippen LogP contribution in [0.4, 0.5) is 5.69 Å². The molecule has 0 saturated carbocycles. The van der Waals surface area contributed by atoms with Gasteiger partial charge in [0.15, 0.2) is 11.6 Å². The number of nitrogens with two attached hydrogens (primary N) is 1. The first kappa shape index (κ1) is 18.8. The summed E-state index contributed by atoms with van der Waals surface area (Å²) in [7, 11) is 1.68. The van der Waals surface area contributed by atoms with E-state index in [9.17, 15) is 14.9 Å². The summed E-state index contributed by atoms with van der Waals surface area (Å²) in [6, 6.07) is 7.97. The van der Waals surface area contributed by atoms with E-state index in [1.165, 1.54) is 40.4 Å². The minimum atomic E-state index is -0.547. The highest BCUT2D eigenvalue weighted by atomic mass is 32.2. The number of imidazole rings is 1. The Balaban J connectivity index is 1.67. The van der Waals surface area contributed by atoms with Crippen LogP contribution in [0.5, 0.6) is 0 Å². The van der Waals surface area contributed by atoms with E-state index in [4.69, 9.17) is 5.84 Å². The van der Waals surface area contributed by atoms with Crippen LogP contribution in [0.2, 0.25) is 0 Å². The number of aromatic nitrogens is 5. The number of thiophene rings is 1. The van der Waals surface area contributed by atoms with Gasteiger partial charge in [-0.1, -0.05) is 6.07 Å². The van der Waals surface area contributed by atoms with Crippen LogP contribution in [0.3, 0.4) is 0 Å². The zero-order valence-electron chi connectivity index (χ0n) is 14.9. The van der Waals surface area contributed by atoms with Crippen LogP contribution >= 0.6 is 23.1 Å². The largest absolute Gasteiger partial charge is 0.335 e. The van der Waals surface area contributed by atoms with Crippen LogP contribution in [0.25, 0.3) is 10.7 Å². The van der Waals surface area contributed by atoms with Crippen molar-refractivity contribution >= 4 is 34.6 Å². The zero-order chi connectivity index (χ0) is 20.5. The lowest BCUT2D eigenvalue weighted by Crippen LogP contribution is -2.11. The lowest BCUT2D eigenvalue weighted by Gasteiger charge is -2.06. The normalized spacial score (nSPS) is 10.9. The van der Waals surface area contributed by atoms with Crippen LogP contribution in [0.1, 0.15) is 16.2 Å². The third-order valence-electron chi connectivity index (χ3n) is 4.05. The summed E-state index contributed by atoms with van der Waals surface area (Å²) >= 11 is 2.46. The number of nitro benzene ring substituents is 1. The maximum absolute atomic E-state index is 12.6. The van der Waals surface area contributed by atoms with Crippen molar-refractivity contribution in [2.24, 2.45) is 7.05 Å². The Morgan fingerprint density at radius 2 is 2.14 bits per heavy atom. The second kappa shape index (κ2) is 7.48. The molecule has 0 bridgehead atoms. The van der Waals surface area contributed by atoms with Gasteiger partial charge in [0, 0.05) is 31.1 Å². The number of benzene rings is 1. The first-order valence-corrected chi connectivity index (χ1v) is 9.88. The van der Waals surface area contributed by atoms with Crippen LogP contribution in [-0.4, -0.2) is 35.1 Å². The summed E-state index contributed by atoms with van der Waals surface area (Å²) in [6.07, 6.45) is 3.12. The van der Waals surface area contributed by atoms with Crippen molar-refractivity contribution in [3.05, 3.63) is 69.6 Å². The number of nitrogens with zero attached hydrogens (tertiary/aromatic N) is 6. The molecule has 10 nitrogen and oxygen atoms in total. The predicted octanol–water partition coefficient (Wildman–Crippen LogP) is 2.74. The second-order valence-electron chi connectivity index (χ2n) is 5.89. The van der Waals surface area contributed by atoms with Crippen LogP contribution in [0.15, 0.2) is 58.2 Å². The number of carbonyl (C=O) groups is 1. The van der Waals surface area contributed by atoms with E-state index in [2.05, 4.69) is 15.2 Å². The number of rotatable bonds is 6. The number of carbonyl (C=O) groups excluding carboxylic acids is 1. The van der Waals surface area contributed by atoms with Gasteiger partial charge >= 0.3 is 0 Å². The van der Waals surface area contributed by atoms with Gasteiger partial charge in [0.05, 0.1) is 14.7 Å². The van der Waals surface area contributed by atoms with Crippen LogP contribution < -0.4 is 5.84 Å². The molecule has 0 atom stereocenters. The van der Waals surface area contributed by atoms with Gasteiger partial charge in [-0.05, 0) is 35.3 Å². The number of ketones is 1. The summed E-state index contributed by atoms with van der Waals surface area (Å²) in [5.74, 6) is 6.33. The van der Waals surface area contributed by atoms with E-state index in [-0.39, 0.29) is 17.1 Å². The second-order valence-corrected chi connectivity index (χ2v) is 7.84. The van der Waals surface area contributed by atoms with Crippen molar-refractivity contribution in [3.8, 4) is 10.7 Å². The Morgan fingerprint density at radius 1 is 1.31 bits per heavy atom. The van der Waals surface area contributed by atoms with Gasteiger partial charge in [-0.15, -0.1) is 21.5 Å². The molecule has 29 heavy (non-hydrogen) atoms. The van der Waals surface area contributed by atoms with E-state index in [0.717, 1.165) is 16.6 Å². The molecule has 146 valence electrons. The summed E-state index contributed by atoms with van der Waals surface area (Å²) < 4.78 is 2.84. The molecule has 0 unspecified atom stereocenters. The van der Waals surface area contributed by atoms with E-state index in [1.807, 2.05) is 17.5 Å². The van der Waals surface area contributed by atoms with Crippen LogP contribution in [0, 0.1) is 10.1 Å². The van der Waals surface area contributed by atoms with E-state index < -0.39 is 10.7 Å². The van der Waals surface area contributed by atoms with Crippen molar-refractivity contribution in [2.45, 2.75) is 10.1 Å². The molecule has 4 rings (SSSR count). The van der Waals surface area contributed by atoms with Gasteiger partial charge in [0.1, 0.15) is 0 Å². The SMILES string of the molecule is Cn1ccnc1C(=O)c1ccc(Sc2nnc(-c3cccs3)n2N)c([N+](=O)[O-])c1. The third-order valence-corrected chi connectivity index (χ3v) is 5.94. The van der Waals surface area contributed by atoms with Gasteiger partial charge in [-0.25, -0.2) is 9.66 Å². The predicted molar refractivity (Wildman–Crippen MR) is 107 cm³/mol. The third kappa shape index (κ3) is 3.50. The fourth-order valence-corrected chi connectivity index (χ4v) is 4.16. The lowest BCUT2D eigenvalue weighted by atomic mass is 10.1. The topological polar surface area (TPSA) is 135 Å². The highest BCUT2D eigenvalue weighted by Crippen LogP contribution is 2.36. The summed E-state index contributed by atoms with van der Waals surface area (Å²) in [5.41, 5.74) is -0.0560. The Hall–Kier alpha value is -3.51. The standard InChI is InChI=1S/C17H13N7O3S2/c1-22-7-6-19-16(22)14(25)10-4-5-12(11(9-10)24(26)27)29-17-21-20-15(23(17)18)13-3-2-8-28-13/h2-9H,18H2,1H3. The van der Waals surface area contributed by atoms with Gasteiger partial charge < -0.3 is 10.4 Å². The average Bonchev–Trinajstić information content (AvgIpc) is 3.44. The van der Waals surface area contributed by atoms with Gasteiger partial charge in [0.2, 0.25) is 10.9 Å². The molecule has 1 aromatic carbocycles. The fourth-order valence-electron chi connectivity index (χ4n) is 2.62. The molecule has 2 N–H and O–H groups in total. The Kier molecular flexibility index (Phi) is 4.86. The number of nitrogen functional groups attached to an aromatic ring is 1. The van der Waals surface area contributed by atoms with Gasteiger partial charge in [-0.2, -0.15) is 0 Å². The highest BCUT2D eigenvalue weighted by molar-refractivity contribution is 7.99. The number of hydrogen-bond donors (Lipinski definition) is 1. The Morgan fingerprint density at radius 3 is 2.79 bits per heavy atom. The van der Waals surface area contributed by atoms with Gasteiger partial charge in [0.25, 0.3) is 5.69 Å². The van der Waals surface area contributed by atoms with E-state index in [0.29, 0.717) is 15.9 Å². The number of aryl methyl sites for hydroxylation is 1. The zero-order valence-corrected chi connectivity index (χ0v) is 16.6. The van der Waals surface area contributed by atoms with E-state index in [1.54, 1.807) is 17.8 Å². The van der Waals surface area contributed by atoms with Gasteiger partial charge in [-0.3, -0.25) is 14.9 Å². The molecule has 0 aliphatic carbocycles. The fraction of sp³-hybridized carbons (Fsp3) is 0.0588. The number of nitro groups is 1. The molecule has 0 saturated heterocycles. The Bertz CT molecular complexity index is 1210. The minimum absolute atomic E-state index is 0.170. The molecule has 3 heterocycles. The molecular formula is C17H13N7O3S2. The van der Waals surface area contributed by atoms with E-state index >= 15 is 0 Å². The number of hydrogen-bond acceptors (Lipinski definition) is 9.